The normalized spacial score (nSPS) is 35.2. The second-order valence-corrected chi connectivity index (χ2v) is 8.88. The fraction of sp³-hybridized carbons (Fsp3) is 0.696. The van der Waals surface area contributed by atoms with Crippen LogP contribution in [-0.2, 0) is 11.2 Å². The van der Waals surface area contributed by atoms with Gasteiger partial charge in [0, 0.05) is 13.0 Å². The molecule has 1 saturated carbocycles. The van der Waals surface area contributed by atoms with E-state index >= 15 is 0 Å². The van der Waals surface area contributed by atoms with Crippen LogP contribution in [0, 0.1) is 29.1 Å². The van der Waals surface area contributed by atoms with Gasteiger partial charge in [0.15, 0.2) is 0 Å². The first-order valence-corrected chi connectivity index (χ1v) is 10.4. The molecule has 2 fully saturated rings. The van der Waals surface area contributed by atoms with Crippen molar-refractivity contribution in [2.75, 3.05) is 6.61 Å². The average molecular weight is 354 g/mol. The van der Waals surface area contributed by atoms with Crippen molar-refractivity contribution in [1.29, 1.82) is 5.26 Å². The maximum atomic E-state index is 9.98. The zero-order valence-electron chi connectivity index (χ0n) is 15.9. The highest BCUT2D eigenvalue weighted by Crippen LogP contribution is 2.58. The van der Waals surface area contributed by atoms with Crippen LogP contribution in [0.2, 0.25) is 0 Å². The molecule has 1 aromatic rings. The molecule has 0 radical (unpaired) electrons. The molecule has 3 aliphatic rings. The minimum absolute atomic E-state index is 0.0780. The van der Waals surface area contributed by atoms with E-state index in [2.05, 4.69) is 19.1 Å². The van der Waals surface area contributed by atoms with E-state index in [1.54, 1.807) is 0 Å². The number of benzene rings is 1. The highest BCUT2D eigenvalue weighted by molar-refractivity contribution is 5.40. The molecule has 1 N–H and O–H groups in total. The van der Waals surface area contributed by atoms with Crippen LogP contribution in [0.4, 0.5) is 0 Å². The molecule has 3 heteroatoms. The third kappa shape index (κ3) is 3.14. The van der Waals surface area contributed by atoms with E-state index in [0.29, 0.717) is 35.8 Å². The summed E-state index contributed by atoms with van der Waals surface area (Å²) in [6, 6.07) is 8.33. The molecule has 4 rings (SSSR count). The summed E-state index contributed by atoms with van der Waals surface area (Å²) in [5.41, 5.74) is 2.94. The Kier molecular flexibility index (Phi) is 4.97. The molecule has 2 aliphatic carbocycles. The zero-order chi connectivity index (χ0) is 18.1. The summed E-state index contributed by atoms with van der Waals surface area (Å²) in [7, 11) is 0. The number of rotatable bonds is 5. The Labute approximate surface area is 157 Å². The van der Waals surface area contributed by atoms with Crippen LogP contribution >= 0.6 is 0 Å². The van der Waals surface area contributed by atoms with Crippen LogP contribution < -0.4 is 0 Å². The van der Waals surface area contributed by atoms with Gasteiger partial charge in [-0.1, -0.05) is 18.9 Å². The molecule has 1 heterocycles. The number of fused-ring (bicyclic) bond motifs is 5. The van der Waals surface area contributed by atoms with E-state index in [9.17, 15) is 5.11 Å². The molecular formula is C23H31NO2. The standard InChI is InChI=1S/C23H31NO2/c1-23-11-9-20-19-8-7-18(25)15-17(19)14-16(6-4-2-3-5-12-24)22(20)21(23)10-13-26-23/h7-8,15-16,20-22,25H,2-6,9-11,13-14H2,1H3/t16-,20?,21?,22?,23-/m0/s1. The highest BCUT2D eigenvalue weighted by Gasteiger charge is 2.54. The predicted molar refractivity (Wildman–Crippen MR) is 102 cm³/mol. The minimum Gasteiger partial charge on any atom is -0.508 e. The number of phenols is 1. The van der Waals surface area contributed by atoms with Gasteiger partial charge in [-0.2, -0.15) is 5.26 Å². The van der Waals surface area contributed by atoms with Crippen molar-refractivity contribution in [3.05, 3.63) is 29.3 Å². The molecule has 5 atom stereocenters. The van der Waals surface area contributed by atoms with E-state index < -0.39 is 0 Å². The maximum absolute atomic E-state index is 9.98. The van der Waals surface area contributed by atoms with Gasteiger partial charge in [0.1, 0.15) is 5.75 Å². The number of phenolic OH excluding ortho intramolecular Hbond substituents is 1. The van der Waals surface area contributed by atoms with Crippen molar-refractivity contribution in [3.8, 4) is 11.8 Å². The molecule has 140 valence electrons. The first-order chi connectivity index (χ1) is 12.6. The molecular weight excluding hydrogens is 322 g/mol. The summed E-state index contributed by atoms with van der Waals surface area (Å²) in [6.45, 7) is 3.26. The van der Waals surface area contributed by atoms with Gasteiger partial charge in [-0.15, -0.1) is 0 Å². The molecule has 0 spiro atoms. The lowest BCUT2D eigenvalue weighted by atomic mass is 9.54. The molecule has 0 bridgehead atoms. The van der Waals surface area contributed by atoms with E-state index in [1.165, 1.54) is 36.8 Å². The fourth-order valence-electron chi connectivity index (χ4n) is 6.25. The lowest BCUT2D eigenvalue weighted by Crippen LogP contribution is -2.48. The third-order valence-electron chi connectivity index (χ3n) is 7.44. The lowest BCUT2D eigenvalue weighted by molar-refractivity contribution is -0.0688. The quantitative estimate of drug-likeness (QED) is 0.728. The molecule has 3 unspecified atom stereocenters. The predicted octanol–water partition coefficient (Wildman–Crippen LogP) is 5.33. The highest BCUT2D eigenvalue weighted by atomic mass is 16.5. The second-order valence-electron chi connectivity index (χ2n) is 8.88. The van der Waals surface area contributed by atoms with Gasteiger partial charge >= 0.3 is 0 Å². The van der Waals surface area contributed by atoms with Crippen molar-refractivity contribution >= 4 is 0 Å². The van der Waals surface area contributed by atoms with Crippen LogP contribution in [-0.4, -0.2) is 17.3 Å². The molecule has 1 aromatic carbocycles. The number of ether oxygens (including phenoxy) is 1. The van der Waals surface area contributed by atoms with Crippen molar-refractivity contribution in [2.24, 2.45) is 17.8 Å². The number of unbranched alkanes of at least 4 members (excludes halogenated alkanes) is 3. The SMILES string of the molecule is C[C@]12CCC3c4ccc(O)cc4C[C@H](CCCCCC#N)C3C1CCO2. The van der Waals surface area contributed by atoms with Gasteiger partial charge in [-0.25, -0.2) is 0 Å². The first-order valence-electron chi connectivity index (χ1n) is 10.4. The number of hydrogen-bond acceptors (Lipinski definition) is 3. The van der Waals surface area contributed by atoms with Gasteiger partial charge in [-0.3, -0.25) is 0 Å². The zero-order valence-corrected chi connectivity index (χ0v) is 15.9. The van der Waals surface area contributed by atoms with E-state index in [0.717, 1.165) is 32.3 Å². The number of nitrogens with zero attached hydrogens (tertiary/aromatic N) is 1. The van der Waals surface area contributed by atoms with Gasteiger partial charge in [-0.05, 0) is 92.4 Å². The lowest BCUT2D eigenvalue weighted by Gasteiger charge is -2.51. The third-order valence-corrected chi connectivity index (χ3v) is 7.44. The summed E-state index contributed by atoms with van der Waals surface area (Å²) < 4.78 is 6.23. The van der Waals surface area contributed by atoms with Crippen LogP contribution in [0.15, 0.2) is 18.2 Å². The minimum atomic E-state index is 0.0780. The van der Waals surface area contributed by atoms with Crippen LogP contribution in [0.5, 0.6) is 5.75 Å². The maximum Gasteiger partial charge on any atom is 0.115 e. The van der Waals surface area contributed by atoms with Crippen molar-refractivity contribution < 1.29 is 9.84 Å². The number of nitriles is 1. The smallest absolute Gasteiger partial charge is 0.115 e. The van der Waals surface area contributed by atoms with Crippen LogP contribution in [0.25, 0.3) is 0 Å². The molecule has 1 aliphatic heterocycles. The molecule has 0 aromatic heterocycles. The molecule has 26 heavy (non-hydrogen) atoms. The molecule has 1 saturated heterocycles. The summed E-state index contributed by atoms with van der Waals surface area (Å²) in [5.74, 6) is 3.10. The Balaban J connectivity index is 1.58. The van der Waals surface area contributed by atoms with E-state index in [1.807, 2.05) is 12.1 Å². The largest absolute Gasteiger partial charge is 0.508 e. The van der Waals surface area contributed by atoms with E-state index in [-0.39, 0.29) is 5.60 Å². The molecule has 3 nitrogen and oxygen atoms in total. The van der Waals surface area contributed by atoms with Crippen molar-refractivity contribution in [3.63, 3.8) is 0 Å². The Morgan fingerprint density at radius 3 is 3.00 bits per heavy atom. The number of hydrogen-bond donors (Lipinski definition) is 1. The first kappa shape index (κ1) is 17.9. The average Bonchev–Trinajstić information content (AvgIpc) is 3.02. The van der Waals surface area contributed by atoms with Gasteiger partial charge in [0.05, 0.1) is 11.7 Å². The van der Waals surface area contributed by atoms with Crippen LogP contribution in [0.1, 0.15) is 75.3 Å². The summed E-state index contributed by atoms with van der Waals surface area (Å²) in [6.07, 6.45) is 10.00. The Bertz CT molecular complexity index is 694. The summed E-state index contributed by atoms with van der Waals surface area (Å²) in [4.78, 5) is 0. The van der Waals surface area contributed by atoms with Crippen molar-refractivity contribution in [1.82, 2.24) is 0 Å². The van der Waals surface area contributed by atoms with E-state index in [4.69, 9.17) is 10.00 Å². The van der Waals surface area contributed by atoms with Gasteiger partial charge in [0.2, 0.25) is 0 Å². The van der Waals surface area contributed by atoms with Crippen LogP contribution in [0.3, 0.4) is 0 Å². The monoisotopic (exact) mass is 353 g/mol. The van der Waals surface area contributed by atoms with Gasteiger partial charge in [0.25, 0.3) is 0 Å². The summed E-state index contributed by atoms with van der Waals surface area (Å²) in [5, 5.41) is 18.7. The van der Waals surface area contributed by atoms with Crippen molar-refractivity contribution in [2.45, 2.75) is 76.2 Å². The Morgan fingerprint density at radius 1 is 1.27 bits per heavy atom. The molecule has 0 amide bonds. The Morgan fingerprint density at radius 2 is 2.15 bits per heavy atom. The number of aromatic hydroxyl groups is 1. The second kappa shape index (κ2) is 7.24. The fourth-order valence-corrected chi connectivity index (χ4v) is 6.25. The Hall–Kier alpha value is -1.53. The van der Waals surface area contributed by atoms with Gasteiger partial charge < -0.3 is 9.84 Å². The topological polar surface area (TPSA) is 53.2 Å². The summed E-state index contributed by atoms with van der Waals surface area (Å²) >= 11 is 0.